The first kappa shape index (κ1) is 145. The number of hydrogen-bond acceptors (Lipinski definition) is 26. The minimum atomic E-state index is -0.727. The van der Waals surface area contributed by atoms with E-state index in [1.54, 1.807) is 0 Å². The van der Waals surface area contributed by atoms with Gasteiger partial charge in [-0.1, -0.05) is 337 Å². The van der Waals surface area contributed by atoms with Gasteiger partial charge in [0.2, 0.25) is 0 Å². The monoisotopic (exact) mass is 2070 g/mol. The van der Waals surface area contributed by atoms with Crippen LogP contribution in [0.1, 0.15) is 450 Å². The molecule has 120 heavy (non-hydrogen) atoms. The Kier molecular flexibility index (Phi) is 155. The average Bonchev–Trinajstić information content (AvgIpc) is 2.62. The number of hydrogen-bond donors (Lipinski definition) is 26. The Hall–Kier alpha value is 4.80. The Morgan fingerprint density at radius 2 is 0.300 bits per heavy atom. The van der Waals surface area contributed by atoms with Crippen molar-refractivity contribution in [3.63, 3.8) is 0 Å². The Balaban J connectivity index is -0.000000141. The number of carboxylic acids is 4. The molecule has 0 aliphatic heterocycles. The molecule has 2 atom stereocenters. The summed E-state index contributed by atoms with van der Waals surface area (Å²) in [6, 6.07) is 0.833. The van der Waals surface area contributed by atoms with Crippen LogP contribution in [-0.4, -0.2) is 102 Å². The van der Waals surface area contributed by atoms with Gasteiger partial charge in [-0.3, -0.25) is 19.2 Å². The third-order valence-corrected chi connectivity index (χ3v) is 23.4. The molecule has 0 aromatic rings. The summed E-state index contributed by atoms with van der Waals surface area (Å²) in [6.45, 7) is 19.6. The Morgan fingerprint density at radius 1 is 0.192 bits per heavy atom. The highest BCUT2D eigenvalue weighted by Crippen LogP contribution is 2.22. The molecule has 728 valence electrons. The Morgan fingerprint density at radius 3 is 0.458 bits per heavy atom. The molecule has 0 bridgehead atoms. The van der Waals surface area contributed by atoms with Crippen LogP contribution in [0.3, 0.4) is 0 Å². The van der Waals surface area contributed by atoms with Gasteiger partial charge in [-0.15, -0.1) is 0 Å². The third kappa shape index (κ3) is 194. The van der Waals surface area contributed by atoms with E-state index in [1.807, 2.05) is 0 Å². The minimum Gasteiger partial charge on any atom is -0.481 e. The lowest BCUT2D eigenvalue weighted by atomic mass is 10.0. The zero-order chi connectivity index (χ0) is 93.3. The summed E-state index contributed by atoms with van der Waals surface area (Å²) < 4.78 is 2.21. The molecule has 0 amide bonds. The van der Waals surface area contributed by atoms with Crippen LogP contribution in [-0.2, 0) is 19.2 Å². The molecular formula is C90H190N2O8S20. The number of rotatable bonds is 74. The SMILES string of the molecule is CCCCCC(N)CCCCC(S)S.CCCCCC(N)CCCCC(S)S.O=C(O)CCCCC(S)S.O=C(O)CCCCC(S)S.O=C(O)CCCCCCCCCC(S)S.O=C(O)CCCCCCCCCC(S)S.[CH2]CCCCC(S)S.[CH2]CCCCC(S)S.[CH2]CCCCCCCCCC(S)S.[CH2]CCCCCCCCCC(S)S. The number of carboxylic acid groups (broad SMARTS) is 4. The van der Waals surface area contributed by atoms with E-state index in [-0.39, 0.29) is 58.7 Å². The highest BCUT2D eigenvalue weighted by atomic mass is 32.2. The topological polar surface area (TPSA) is 201 Å². The molecule has 0 aromatic carbocycles. The van der Waals surface area contributed by atoms with Crippen molar-refractivity contribution in [2.75, 3.05) is 0 Å². The number of carbonyl (C=O) groups is 4. The molecular weight excluding hydrogens is 1880 g/mol. The number of aliphatic carboxylic acids is 4. The zero-order valence-corrected chi connectivity index (χ0v) is 93.2. The van der Waals surface area contributed by atoms with Gasteiger partial charge in [0.05, 0.1) is 0 Å². The van der Waals surface area contributed by atoms with E-state index in [4.69, 9.17) is 31.9 Å². The fourth-order valence-electron chi connectivity index (χ4n) is 11.0. The Bertz CT molecular complexity index is 1760. The molecule has 0 fully saturated rings. The van der Waals surface area contributed by atoms with Crippen molar-refractivity contribution in [3.05, 3.63) is 27.7 Å². The van der Waals surface area contributed by atoms with Gasteiger partial charge in [-0.25, -0.2) is 0 Å². The van der Waals surface area contributed by atoms with E-state index >= 15 is 0 Å². The maximum absolute atomic E-state index is 10.2. The fourth-order valence-corrected chi connectivity index (χ4v) is 14.7. The van der Waals surface area contributed by atoms with Crippen LogP contribution in [0.2, 0.25) is 0 Å². The van der Waals surface area contributed by atoms with E-state index in [0.29, 0.717) is 24.9 Å². The largest absolute Gasteiger partial charge is 0.481 e. The van der Waals surface area contributed by atoms with Crippen molar-refractivity contribution in [2.24, 2.45) is 11.5 Å². The van der Waals surface area contributed by atoms with E-state index < -0.39 is 23.9 Å². The van der Waals surface area contributed by atoms with Crippen LogP contribution in [0.15, 0.2) is 0 Å². The molecule has 0 saturated heterocycles. The van der Waals surface area contributed by atoms with Crippen molar-refractivity contribution < 1.29 is 39.6 Å². The predicted molar refractivity (Wildman–Crippen MR) is 611 cm³/mol. The summed E-state index contributed by atoms with van der Waals surface area (Å²) in [5.41, 5.74) is 12.0. The van der Waals surface area contributed by atoms with Crippen molar-refractivity contribution in [1.29, 1.82) is 0 Å². The molecule has 0 rings (SSSR count). The smallest absolute Gasteiger partial charge is 0.303 e. The molecule has 10 nitrogen and oxygen atoms in total. The van der Waals surface area contributed by atoms with Crippen LogP contribution < -0.4 is 11.5 Å². The van der Waals surface area contributed by atoms with E-state index in [1.165, 1.54) is 257 Å². The number of nitrogens with two attached hydrogens (primary N) is 2. The second-order valence-corrected chi connectivity index (χ2v) is 47.5. The second kappa shape index (κ2) is 128. The van der Waals surface area contributed by atoms with Crippen molar-refractivity contribution >= 4 is 276 Å². The summed E-state index contributed by atoms with van der Waals surface area (Å²) in [5.74, 6) is -2.81. The van der Waals surface area contributed by atoms with Crippen LogP contribution >= 0.6 is 253 Å². The summed E-state index contributed by atoms with van der Waals surface area (Å²) in [5, 5.41) is 33.3. The molecule has 8 N–H and O–H groups in total. The maximum Gasteiger partial charge on any atom is 0.303 e. The number of unbranched alkanes of at least 4 members (excludes halogenated alkanes) is 38. The summed E-state index contributed by atoms with van der Waals surface area (Å²) in [4.78, 5) is 40.5. The Labute approximate surface area is 854 Å². The van der Waals surface area contributed by atoms with Crippen LogP contribution in [0, 0.1) is 27.7 Å². The number of thiol groups is 20. The van der Waals surface area contributed by atoms with Crippen molar-refractivity contribution in [1.82, 2.24) is 0 Å². The first-order valence-corrected chi connectivity index (χ1v) is 56.4. The third-order valence-electron chi connectivity index (χ3n) is 18.2. The molecule has 0 aromatic heterocycles. The molecule has 0 aliphatic rings. The highest BCUT2D eigenvalue weighted by Gasteiger charge is 2.08. The van der Waals surface area contributed by atoms with Gasteiger partial charge in [-0.2, -0.15) is 253 Å². The predicted octanol–water partition coefficient (Wildman–Crippen LogP) is 32.6. The minimum absolute atomic E-state index is 0.0915. The maximum atomic E-state index is 10.2. The molecule has 0 spiro atoms. The fraction of sp³-hybridized carbons (Fsp3) is 0.911. The lowest BCUT2D eigenvalue weighted by Crippen LogP contribution is -2.19. The molecule has 30 heteroatoms. The van der Waals surface area contributed by atoms with Gasteiger partial charge in [-0.05, 0) is 116 Å². The van der Waals surface area contributed by atoms with E-state index in [2.05, 4.69) is 294 Å². The van der Waals surface area contributed by atoms with Crippen LogP contribution in [0.5, 0.6) is 0 Å². The first-order chi connectivity index (χ1) is 56.9. The molecule has 0 aliphatic carbocycles. The van der Waals surface area contributed by atoms with Crippen LogP contribution in [0.25, 0.3) is 0 Å². The molecule has 2 unspecified atom stereocenters. The van der Waals surface area contributed by atoms with E-state index in [0.717, 1.165) is 154 Å². The zero-order valence-electron chi connectivity index (χ0n) is 75.4. The van der Waals surface area contributed by atoms with Crippen molar-refractivity contribution in [3.8, 4) is 0 Å². The molecule has 4 radical (unpaired) electrons. The summed E-state index contributed by atoms with van der Waals surface area (Å²) in [7, 11) is 0. The van der Waals surface area contributed by atoms with Gasteiger partial charge in [0.15, 0.2) is 0 Å². The van der Waals surface area contributed by atoms with Gasteiger partial charge in [0.25, 0.3) is 0 Å². The quantitative estimate of drug-likeness (QED) is 0.0158. The summed E-state index contributed by atoms with van der Waals surface area (Å²) in [6.07, 6.45) is 76.3. The normalized spacial score (nSPS) is 11.4. The van der Waals surface area contributed by atoms with Crippen molar-refractivity contribution in [2.45, 2.75) is 508 Å². The molecule has 0 heterocycles. The first-order valence-electron chi connectivity index (χ1n) is 46.1. The lowest BCUT2D eigenvalue weighted by Gasteiger charge is -2.11. The van der Waals surface area contributed by atoms with Gasteiger partial charge in [0, 0.05) is 83.6 Å². The van der Waals surface area contributed by atoms with E-state index in [9.17, 15) is 19.2 Å². The summed E-state index contributed by atoms with van der Waals surface area (Å²) >= 11 is 83.2. The second-order valence-electron chi connectivity index (χ2n) is 30.9. The van der Waals surface area contributed by atoms with Gasteiger partial charge < -0.3 is 31.9 Å². The standard InChI is InChI=1S/2C11H25NS2.2C11H22O2S2.2C11H23S2.2C6H12O2S2.2C6H13S2/c2*1-2-3-4-7-10(12)8-5-6-9-11(13)14;2*12-10(13)8-6-4-2-1-3-5-7-9-11(14)15;2*1-2-3-4-5-6-7-8-9-10-11(12)13;2*7-5(8)3-1-2-4-6(9)10;2*1-2-3-4-5-6(7)8/h2*10-11,13-14H,2-9,12H2,1H3;2*11,14-15H,1-9H2,(H,12,13);2*11-13H,1-10H2;2*6,9-10H,1-4H2,(H,7,8);2*6-8H,1-5H2. The van der Waals surface area contributed by atoms with Gasteiger partial charge in [0.1, 0.15) is 0 Å². The molecule has 0 saturated carbocycles. The van der Waals surface area contributed by atoms with Gasteiger partial charge >= 0.3 is 23.9 Å². The average molecular weight is 2070 g/mol. The highest BCUT2D eigenvalue weighted by molar-refractivity contribution is 8.01. The lowest BCUT2D eigenvalue weighted by molar-refractivity contribution is -0.138. The van der Waals surface area contributed by atoms with Crippen LogP contribution in [0.4, 0.5) is 0 Å².